The van der Waals surface area contributed by atoms with Crippen LogP contribution in [0.3, 0.4) is 0 Å². The van der Waals surface area contributed by atoms with Crippen molar-refractivity contribution in [3.63, 3.8) is 0 Å². The fourth-order valence-corrected chi connectivity index (χ4v) is 1.47. The number of nitrogens with one attached hydrogen (secondary N) is 1. The molecule has 1 unspecified atom stereocenters. The number of unbranched alkanes of at least 4 members (excludes halogenated alkanes) is 4. The molecule has 0 aromatic rings. The molecule has 4 heteroatoms. The molecule has 0 bridgehead atoms. The number of carbonyl (C=O) groups excluding carboxylic acids is 1. The SMILES string of the molecule is CCCCCCCNC(=O)C(C)CC(=O)O. The highest BCUT2D eigenvalue weighted by Gasteiger charge is 2.15. The quantitative estimate of drug-likeness (QED) is 0.595. The molecule has 16 heavy (non-hydrogen) atoms. The van der Waals surface area contributed by atoms with Crippen molar-refractivity contribution >= 4 is 11.9 Å². The third-order valence-corrected chi connectivity index (χ3v) is 2.51. The lowest BCUT2D eigenvalue weighted by molar-refractivity contribution is -0.140. The van der Waals surface area contributed by atoms with Crippen molar-refractivity contribution in [2.45, 2.75) is 52.4 Å². The summed E-state index contributed by atoms with van der Waals surface area (Å²) in [5, 5.41) is 11.3. The minimum absolute atomic E-state index is 0.0956. The lowest BCUT2D eigenvalue weighted by Gasteiger charge is -2.09. The average Bonchev–Trinajstić information content (AvgIpc) is 2.21. The Kier molecular flexibility index (Phi) is 8.58. The molecular weight excluding hydrogens is 206 g/mol. The molecule has 0 aliphatic rings. The summed E-state index contributed by atoms with van der Waals surface area (Å²) in [7, 11) is 0. The number of carboxylic acids is 1. The maximum Gasteiger partial charge on any atom is 0.304 e. The Labute approximate surface area is 97.4 Å². The van der Waals surface area contributed by atoms with E-state index < -0.39 is 11.9 Å². The van der Waals surface area contributed by atoms with E-state index in [1.165, 1.54) is 19.3 Å². The van der Waals surface area contributed by atoms with Gasteiger partial charge in [0.1, 0.15) is 0 Å². The van der Waals surface area contributed by atoms with Crippen molar-refractivity contribution in [1.29, 1.82) is 0 Å². The standard InChI is InChI=1S/C12H23NO3/c1-3-4-5-6-7-8-13-12(16)10(2)9-11(14)15/h10H,3-9H2,1-2H3,(H,13,16)(H,14,15). The lowest BCUT2D eigenvalue weighted by Crippen LogP contribution is -2.31. The van der Waals surface area contributed by atoms with Gasteiger partial charge in [0.15, 0.2) is 0 Å². The topological polar surface area (TPSA) is 66.4 Å². The van der Waals surface area contributed by atoms with Gasteiger partial charge in [-0.15, -0.1) is 0 Å². The first kappa shape index (κ1) is 14.9. The minimum atomic E-state index is -0.925. The highest BCUT2D eigenvalue weighted by atomic mass is 16.4. The summed E-state index contributed by atoms with van der Waals surface area (Å²) < 4.78 is 0. The summed E-state index contributed by atoms with van der Waals surface area (Å²) in [6.07, 6.45) is 5.66. The molecule has 1 atom stereocenters. The van der Waals surface area contributed by atoms with Crippen LogP contribution in [0.5, 0.6) is 0 Å². The molecule has 0 aliphatic carbocycles. The normalized spacial score (nSPS) is 12.1. The highest BCUT2D eigenvalue weighted by molar-refractivity contribution is 5.82. The van der Waals surface area contributed by atoms with Crippen LogP contribution in [0.25, 0.3) is 0 Å². The van der Waals surface area contributed by atoms with Crippen LogP contribution >= 0.6 is 0 Å². The number of aliphatic carboxylic acids is 1. The molecule has 0 aromatic carbocycles. The fourth-order valence-electron chi connectivity index (χ4n) is 1.47. The molecule has 0 fully saturated rings. The fraction of sp³-hybridized carbons (Fsp3) is 0.833. The first-order chi connectivity index (χ1) is 7.57. The van der Waals surface area contributed by atoms with Crippen LogP contribution in [0.15, 0.2) is 0 Å². The minimum Gasteiger partial charge on any atom is -0.481 e. The van der Waals surface area contributed by atoms with Gasteiger partial charge in [0, 0.05) is 12.5 Å². The first-order valence-electron chi connectivity index (χ1n) is 6.07. The van der Waals surface area contributed by atoms with Gasteiger partial charge in [-0.25, -0.2) is 0 Å². The van der Waals surface area contributed by atoms with Gasteiger partial charge in [-0.05, 0) is 6.42 Å². The average molecular weight is 229 g/mol. The second kappa shape index (κ2) is 9.19. The van der Waals surface area contributed by atoms with Crippen LogP contribution in [-0.4, -0.2) is 23.5 Å². The van der Waals surface area contributed by atoms with Crippen molar-refractivity contribution < 1.29 is 14.7 Å². The summed E-state index contributed by atoms with van der Waals surface area (Å²) in [6, 6.07) is 0. The van der Waals surface area contributed by atoms with Gasteiger partial charge in [-0.1, -0.05) is 39.5 Å². The largest absolute Gasteiger partial charge is 0.481 e. The molecule has 1 amide bonds. The van der Waals surface area contributed by atoms with Gasteiger partial charge < -0.3 is 10.4 Å². The van der Waals surface area contributed by atoms with Gasteiger partial charge in [-0.2, -0.15) is 0 Å². The molecule has 0 radical (unpaired) electrons. The van der Waals surface area contributed by atoms with E-state index in [4.69, 9.17) is 5.11 Å². The molecule has 0 aliphatic heterocycles. The molecule has 0 spiro atoms. The zero-order valence-electron chi connectivity index (χ0n) is 10.3. The van der Waals surface area contributed by atoms with E-state index in [0.29, 0.717) is 6.54 Å². The molecule has 4 nitrogen and oxygen atoms in total. The molecular formula is C12H23NO3. The predicted molar refractivity (Wildman–Crippen MR) is 63.2 cm³/mol. The number of carbonyl (C=O) groups is 2. The maximum absolute atomic E-state index is 11.4. The first-order valence-corrected chi connectivity index (χ1v) is 6.07. The summed E-state index contributed by atoms with van der Waals surface area (Å²) in [6.45, 7) is 4.46. The van der Waals surface area contributed by atoms with Crippen molar-refractivity contribution in [3.05, 3.63) is 0 Å². The zero-order chi connectivity index (χ0) is 12.4. The van der Waals surface area contributed by atoms with Gasteiger partial charge in [-0.3, -0.25) is 9.59 Å². The number of hydrogen-bond acceptors (Lipinski definition) is 2. The van der Waals surface area contributed by atoms with Crippen molar-refractivity contribution in [3.8, 4) is 0 Å². The van der Waals surface area contributed by atoms with Gasteiger partial charge in [0.05, 0.1) is 6.42 Å². The number of hydrogen-bond donors (Lipinski definition) is 2. The third kappa shape index (κ3) is 8.26. The Morgan fingerprint density at radius 2 is 1.81 bits per heavy atom. The highest BCUT2D eigenvalue weighted by Crippen LogP contribution is 2.03. The van der Waals surface area contributed by atoms with E-state index in [9.17, 15) is 9.59 Å². The van der Waals surface area contributed by atoms with Crippen LogP contribution in [-0.2, 0) is 9.59 Å². The molecule has 0 heterocycles. The van der Waals surface area contributed by atoms with Crippen LogP contribution in [0.2, 0.25) is 0 Å². The molecule has 0 saturated carbocycles. The predicted octanol–water partition coefficient (Wildman–Crippen LogP) is 2.18. The molecule has 94 valence electrons. The van der Waals surface area contributed by atoms with Crippen LogP contribution in [0.1, 0.15) is 52.4 Å². The Hall–Kier alpha value is -1.06. The second-order valence-corrected chi connectivity index (χ2v) is 4.20. The van der Waals surface area contributed by atoms with Crippen LogP contribution < -0.4 is 5.32 Å². The molecule has 0 aromatic heterocycles. The Morgan fingerprint density at radius 1 is 1.19 bits per heavy atom. The smallest absolute Gasteiger partial charge is 0.304 e. The molecule has 0 saturated heterocycles. The van der Waals surface area contributed by atoms with Crippen LogP contribution in [0.4, 0.5) is 0 Å². The summed E-state index contributed by atoms with van der Waals surface area (Å²) >= 11 is 0. The lowest BCUT2D eigenvalue weighted by atomic mass is 10.1. The van der Waals surface area contributed by atoms with E-state index in [1.807, 2.05) is 0 Å². The monoisotopic (exact) mass is 229 g/mol. The summed E-state index contributed by atoms with van der Waals surface area (Å²) in [5.74, 6) is -1.52. The Balaban J connectivity index is 3.46. The Bertz CT molecular complexity index is 216. The van der Waals surface area contributed by atoms with Crippen molar-refractivity contribution in [2.75, 3.05) is 6.54 Å². The van der Waals surface area contributed by atoms with E-state index in [1.54, 1.807) is 6.92 Å². The second-order valence-electron chi connectivity index (χ2n) is 4.20. The number of carboxylic acid groups (broad SMARTS) is 1. The van der Waals surface area contributed by atoms with Crippen LogP contribution in [0, 0.1) is 5.92 Å². The molecule has 0 rings (SSSR count). The van der Waals surface area contributed by atoms with E-state index in [2.05, 4.69) is 12.2 Å². The van der Waals surface area contributed by atoms with E-state index in [0.717, 1.165) is 12.8 Å². The summed E-state index contributed by atoms with van der Waals surface area (Å²) in [5.41, 5.74) is 0. The summed E-state index contributed by atoms with van der Waals surface area (Å²) in [4.78, 5) is 21.8. The van der Waals surface area contributed by atoms with Crippen molar-refractivity contribution in [1.82, 2.24) is 5.32 Å². The van der Waals surface area contributed by atoms with Gasteiger partial charge in [0.25, 0.3) is 0 Å². The maximum atomic E-state index is 11.4. The van der Waals surface area contributed by atoms with Gasteiger partial charge in [0.2, 0.25) is 5.91 Å². The van der Waals surface area contributed by atoms with Gasteiger partial charge >= 0.3 is 5.97 Å². The number of amides is 1. The van der Waals surface area contributed by atoms with E-state index in [-0.39, 0.29) is 12.3 Å². The third-order valence-electron chi connectivity index (χ3n) is 2.51. The Morgan fingerprint density at radius 3 is 2.38 bits per heavy atom. The molecule has 2 N–H and O–H groups in total. The zero-order valence-corrected chi connectivity index (χ0v) is 10.3. The van der Waals surface area contributed by atoms with E-state index >= 15 is 0 Å². The van der Waals surface area contributed by atoms with Crippen molar-refractivity contribution in [2.24, 2.45) is 5.92 Å². The number of rotatable bonds is 9.